The van der Waals surface area contributed by atoms with E-state index in [1.165, 1.54) is 6.33 Å². The second-order valence-electron chi connectivity index (χ2n) is 7.98. The van der Waals surface area contributed by atoms with Crippen molar-refractivity contribution in [1.82, 2.24) is 49.3 Å². The van der Waals surface area contributed by atoms with E-state index in [0.29, 0.717) is 41.9 Å². The minimum absolute atomic E-state index is 0.293. The van der Waals surface area contributed by atoms with Crippen molar-refractivity contribution in [2.24, 2.45) is 7.05 Å². The Balaban J connectivity index is 1.21. The Bertz CT molecular complexity index is 1560. The van der Waals surface area contributed by atoms with Gasteiger partial charge in [-0.3, -0.25) is 14.4 Å². The summed E-state index contributed by atoms with van der Waals surface area (Å²) in [5, 5.41) is 20.8. The molecule has 12 nitrogen and oxygen atoms in total. The summed E-state index contributed by atoms with van der Waals surface area (Å²) in [5.74, 6) is 2.02. The number of rotatable bonds is 7. The molecular formula is C22H21N11OS. The lowest BCUT2D eigenvalue weighted by Crippen LogP contribution is -2.09. The molecule has 13 heteroatoms. The Morgan fingerprint density at radius 2 is 2.09 bits per heavy atom. The molecule has 6 rings (SSSR count). The van der Waals surface area contributed by atoms with Crippen molar-refractivity contribution in [2.75, 3.05) is 5.32 Å². The lowest BCUT2D eigenvalue weighted by Gasteiger charge is -2.10. The zero-order valence-electron chi connectivity index (χ0n) is 19.0. The Morgan fingerprint density at radius 1 is 1.14 bits per heavy atom. The van der Waals surface area contributed by atoms with Gasteiger partial charge in [-0.25, -0.2) is 9.97 Å². The summed E-state index contributed by atoms with van der Waals surface area (Å²) in [6, 6.07) is 7.93. The van der Waals surface area contributed by atoms with Crippen LogP contribution in [0.5, 0.6) is 5.75 Å². The highest BCUT2D eigenvalue weighted by Crippen LogP contribution is 2.29. The molecule has 0 fully saturated rings. The van der Waals surface area contributed by atoms with Gasteiger partial charge < -0.3 is 10.1 Å². The Labute approximate surface area is 204 Å². The maximum atomic E-state index is 5.82. The lowest BCUT2D eigenvalue weighted by atomic mass is 10.2. The number of hydrogen-bond acceptors (Lipinski definition) is 11. The first-order valence-electron chi connectivity index (χ1n) is 10.9. The van der Waals surface area contributed by atoms with Gasteiger partial charge in [0.05, 0.1) is 29.6 Å². The second-order valence-corrected chi connectivity index (χ2v) is 8.86. The van der Waals surface area contributed by atoms with Crippen LogP contribution in [0.1, 0.15) is 24.3 Å². The molecule has 1 unspecified atom stereocenters. The molecule has 176 valence electrons. The Hall–Kier alpha value is -4.10. The minimum atomic E-state index is 0.293. The average Bonchev–Trinajstić information content (AvgIpc) is 3.60. The molecule has 5 aromatic heterocycles. The van der Waals surface area contributed by atoms with Crippen molar-refractivity contribution in [2.45, 2.75) is 26.1 Å². The van der Waals surface area contributed by atoms with Crippen LogP contribution in [-0.4, -0.2) is 50.6 Å². The number of aromatic nitrogens is 9. The molecule has 5 aromatic rings. The molecule has 1 aliphatic rings. The molecule has 35 heavy (non-hydrogen) atoms. The van der Waals surface area contributed by atoms with Crippen molar-refractivity contribution in [1.29, 1.82) is 0 Å². The number of aryl methyl sites for hydroxylation is 1. The summed E-state index contributed by atoms with van der Waals surface area (Å²) < 4.78 is 12.6. The summed E-state index contributed by atoms with van der Waals surface area (Å²) in [6.07, 6.45) is 7.05. The van der Waals surface area contributed by atoms with Crippen LogP contribution < -0.4 is 14.8 Å². The number of hydrogen-bond donors (Lipinski definition) is 2. The summed E-state index contributed by atoms with van der Waals surface area (Å²) in [5.41, 5.74) is 3.84. The van der Waals surface area contributed by atoms with Crippen molar-refractivity contribution in [3.63, 3.8) is 0 Å². The Kier molecular flexibility index (Phi) is 5.47. The summed E-state index contributed by atoms with van der Waals surface area (Å²) in [4.78, 5) is 14.3. The fraction of sp³-hybridized carbons (Fsp3) is 0.227. The molecule has 0 aliphatic carbocycles. The number of pyridine rings is 2. The predicted molar refractivity (Wildman–Crippen MR) is 131 cm³/mol. The first kappa shape index (κ1) is 21.4. The summed E-state index contributed by atoms with van der Waals surface area (Å²) >= 11 is 1.58. The second kappa shape index (κ2) is 8.92. The summed E-state index contributed by atoms with van der Waals surface area (Å²) in [6.45, 7) is 2.82. The van der Waals surface area contributed by atoms with Gasteiger partial charge in [-0.05, 0) is 43.1 Å². The molecule has 0 bridgehead atoms. The fourth-order valence-corrected chi connectivity index (χ4v) is 4.54. The van der Waals surface area contributed by atoms with E-state index in [-0.39, 0.29) is 0 Å². The quantitative estimate of drug-likeness (QED) is 0.328. The van der Waals surface area contributed by atoms with Crippen molar-refractivity contribution in [3.8, 4) is 5.75 Å². The predicted octanol–water partition coefficient (Wildman–Crippen LogP) is 2.37. The molecule has 1 aliphatic heterocycles. The molecule has 2 N–H and O–H groups in total. The van der Waals surface area contributed by atoms with Gasteiger partial charge in [-0.1, -0.05) is 0 Å². The first-order chi connectivity index (χ1) is 17.1. The Morgan fingerprint density at radius 3 is 2.91 bits per heavy atom. The third-order valence-corrected chi connectivity index (χ3v) is 6.55. The monoisotopic (exact) mass is 487 g/mol. The number of fused-ring (bicyclic) bond motifs is 2. The zero-order chi connectivity index (χ0) is 23.8. The topological polar surface area (TPSA) is 133 Å². The van der Waals surface area contributed by atoms with E-state index in [2.05, 4.69) is 53.3 Å². The van der Waals surface area contributed by atoms with Gasteiger partial charge in [-0.2, -0.15) is 14.7 Å². The van der Waals surface area contributed by atoms with E-state index < -0.39 is 0 Å². The van der Waals surface area contributed by atoms with Gasteiger partial charge >= 0.3 is 0 Å². The van der Waals surface area contributed by atoms with Crippen LogP contribution in [0.3, 0.4) is 0 Å². The molecule has 0 spiro atoms. The maximum absolute atomic E-state index is 5.82. The average molecular weight is 488 g/mol. The highest BCUT2D eigenvalue weighted by atomic mass is 32.2. The maximum Gasteiger partial charge on any atom is 0.178 e. The molecule has 6 heterocycles. The van der Waals surface area contributed by atoms with Crippen LogP contribution in [0.2, 0.25) is 0 Å². The summed E-state index contributed by atoms with van der Waals surface area (Å²) in [7, 11) is 1.82. The number of nitrogens with zero attached hydrogens (tertiary/aromatic N) is 9. The van der Waals surface area contributed by atoms with Crippen molar-refractivity contribution in [3.05, 3.63) is 66.4 Å². The van der Waals surface area contributed by atoms with Crippen LogP contribution in [0, 0.1) is 0 Å². The smallest absolute Gasteiger partial charge is 0.178 e. The lowest BCUT2D eigenvalue weighted by molar-refractivity contribution is 0.289. The van der Waals surface area contributed by atoms with Gasteiger partial charge in [0.2, 0.25) is 0 Å². The normalized spacial score (nSPS) is 15.6. The molecule has 1 atom stereocenters. The van der Waals surface area contributed by atoms with E-state index in [1.54, 1.807) is 33.5 Å². The van der Waals surface area contributed by atoms with Crippen molar-refractivity contribution < 1.29 is 4.74 Å². The highest BCUT2D eigenvalue weighted by molar-refractivity contribution is 8.06. The standard InChI is InChI=1S/C22H21N11OS/c1-13-7-18(35-31-13)15-3-4-19-28-29-20(33(19)30-15)10-24-16-5-6-23-17-8-14(9-25-22(16)17)34-11-21-26-12-27-32(21)2/h3-9,12-13,31H,10-11H2,1-2H3,(H,23,24). The van der Waals surface area contributed by atoms with Gasteiger partial charge in [-0.15, -0.1) is 10.2 Å². The minimum Gasteiger partial charge on any atom is -0.484 e. The van der Waals surface area contributed by atoms with Crippen LogP contribution in [0.25, 0.3) is 21.6 Å². The number of ether oxygens (including phenoxy) is 1. The molecular weight excluding hydrogens is 466 g/mol. The van der Waals surface area contributed by atoms with Crippen LogP contribution in [0.4, 0.5) is 5.69 Å². The van der Waals surface area contributed by atoms with Gasteiger partial charge in [0, 0.05) is 30.3 Å². The van der Waals surface area contributed by atoms with Gasteiger partial charge in [0.15, 0.2) is 17.3 Å². The molecule has 0 saturated heterocycles. The molecule has 0 aromatic carbocycles. The third kappa shape index (κ3) is 4.26. The van der Waals surface area contributed by atoms with E-state index in [9.17, 15) is 0 Å². The largest absolute Gasteiger partial charge is 0.484 e. The van der Waals surface area contributed by atoms with Crippen LogP contribution >= 0.6 is 11.9 Å². The number of nitrogens with one attached hydrogen (secondary N) is 2. The molecule has 0 radical (unpaired) electrons. The van der Waals surface area contributed by atoms with E-state index in [4.69, 9.17) is 9.84 Å². The van der Waals surface area contributed by atoms with Crippen molar-refractivity contribution >= 4 is 39.2 Å². The van der Waals surface area contributed by atoms with Crippen LogP contribution in [-0.2, 0) is 20.2 Å². The molecule has 0 saturated carbocycles. The van der Waals surface area contributed by atoms with E-state index in [1.807, 2.05) is 31.3 Å². The van der Waals surface area contributed by atoms with Gasteiger partial charge in [0.1, 0.15) is 24.2 Å². The zero-order valence-corrected chi connectivity index (χ0v) is 19.8. The fourth-order valence-electron chi connectivity index (χ4n) is 3.67. The number of anilines is 1. The molecule has 0 amide bonds. The van der Waals surface area contributed by atoms with Crippen LogP contribution in [0.15, 0.2) is 49.1 Å². The third-order valence-electron chi connectivity index (χ3n) is 5.50. The van der Waals surface area contributed by atoms with E-state index >= 15 is 0 Å². The first-order valence-corrected chi connectivity index (χ1v) is 11.8. The highest BCUT2D eigenvalue weighted by Gasteiger charge is 2.16. The SMILES string of the molecule is CC1C=C(c2ccc3nnc(CNc4ccnc5cc(OCc6ncnn6C)cnc45)n3n2)SN1. The van der Waals surface area contributed by atoms with Gasteiger partial charge in [0.25, 0.3) is 0 Å². The van der Waals surface area contributed by atoms with E-state index in [0.717, 1.165) is 27.6 Å².